The molecule has 0 aliphatic rings. The fourth-order valence-electron chi connectivity index (χ4n) is 1.94. The average Bonchev–Trinajstić information content (AvgIpc) is 2.39. The van der Waals surface area contributed by atoms with Gasteiger partial charge in [-0.3, -0.25) is 11.3 Å². The van der Waals surface area contributed by atoms with Crippen molar-refractivity contribution in [3.8, 4) is 0 Å². The summed E-state index contributed by atoms with van der Waals surface area (Å²) in [5.41, 5.74) is 12.1. The summed E-state index contributed by atoms with van der Waals surface area (Å²) in [5.74, 6) is 6.14. The molecule has 94 valence electrons. The topological polar surface area (TPSA) is 77.0 Å². The third-order valence-corrected chi connectivity index (χ3v) is 3.01. The van der Waals surface area contributed by atoms with Crippen molar-refractivity contribution in [3.05, 3.63) is 59.3 Å². The van der Waals surface area contributed by atoms with Crippen LogP contribution in [0.1, 0.15) is 22.7 Å². The number of nitrogen functional groups attached to an aromatic ring is 1. The lowest BCUT2D eigenvalue weighted by atomic mass is 9.99. The smallest absolute Gasteiger partial charge is 0.128 e. The maximum atomic E-state index is 5.87. The molecule has 1 unspecified atom stereocenters. The Morgan fingerprint density at radius 1 is 1.22 bits per heavy atom. The highest BCUT2D eigenvalue weighted by atomic mass is 15.2. The molecule has 0 amide bonds. The minimum Gasteiger partial charge on any atom is -0.383 e. The second-order valence-electron chi connectivity index (χ2n) is 4.39. The van der Waals surface area contributed by atoms with E-state index in [0.29, 0.717) is 5.82 Å². The van der Waals surface area contributed by atoms with Gasteiger partial charge in [0.2, 0.25) is 0 Å². The minimum absolute atomic E-state index is 0.0265. The fraction of sp³-hybridized carbons (Fsp3) is 0.214. The Hall–Kier alpha value is -1.91. The summed E-state index contributed by atoms with van der Waals surface area (Å²) >= 11 is 0. The Labute approximate surface area is 107 Å². The van der Waals surface area contributed by atoms with Crippen LogP contribution in [0.4, 0.5) is 5.82 Å². The largest absolute Gasteiger partial charge is 0.383 e. The maximum absolute atomic E-state index is 5.87. The van der Waals surface area contributed by atoms with E-state index in [4.69, 9.17) is 11.6 Å². The number of aromatic nitrogens is 1. The number of hydrogen-bond acceptors (Lipinski definition) is 4. The molecule has 0 saturated carbocycles. The first-order valence-electron chi connectivity index (χ1n) is 5.93. The van der Waals surface area contributed by atoms with E-state index in [1.807, 2.05) is 12.1 Å². The summed E-state index contributed by atoms with van der Waals surface area (Å²) in [6, 6.07) is 12.2. The lowest BCUT2D eigenvalue weighted by Gasteiger charge is -2.17. The maximum Gasteiger partial charge on any atom is 0.128 e. The number of rotatable bonds is 4. The summed E-state index contributed by atoms with van der Waals surface area (Å²) < 4.78 is 0. The number of hydrogen-bond donors (Lipinski definition) is 3. The fourth-order valence-corrected chi connectivity index (χ4v) is 1.94. The van der Waals surface area contributed by atoms with Gasteiger partial charge in [0.15, 0.2) is 0 Å². The first-order valence-corrected chi connectivity index (χ1v) is 5.93. The van der Waals surface area contributed by atoms with Crippen molar-refractivity contribution in [1.29, 1.82) is 0 Å². The van der Waals surface area contributed by atoms with Crippen molar-refractivity contribution in [3.63, 3.8) is 0 Å². The highest BCUT2D eigenvalue weighted by Crippen LogP contribution is 2.21. The van der Waals surface area contributed by atoms with Crippen molar-refractivity contribution in [2.75, 3.05) is 5.73 Å². The second-order valence-corrected chi connectivity index (χ2v) is 4.39. The summed E-state index contributed by atoms with van der Waals surface area (Å²) in [4.78, 5) is 4.09. The molecule has 0 radical (unpaired) electrons. The van der Waals surface area contributed by atoms with Crippen LogP contribution in [0.25, 0.3) is 0 Å². The Morgan fingerprint density at radius 3 is 2.56 bits per heavy atom. The number of aryl methyl sites for hydroxylation is 1. The van der Waals surface area contributed by atoms with Crippen LogP contribution < -0.4 is 17.0 Å². The van der Waals surface area contributed by atoms with Gasteiger partial charge in [-0.25, -0.2) is 4.98 Å². The highest BCUT2D eigenvalue weighted by molar-refractivity contribution is 5.41. The van der Waals surface area contributed by atoms with Gasteiger partial charge in [0.05, 0.1) is 6.04 Å². The normalized spacial score (nSPS) is 12.3. The van der Waals surface area contributed by atoms with Gasteiger partial charge in [0.25, 0.3) is 0 Å². The number of benzene rings is 1. The van der Waals surface area contributed by atoms with Crippen molar-refractivity contribution < 1.29 is 0 Å². The van der Waals surface area contributed by atoms with Gasteiger partial charge in [-0.2, -0.15) is 0 Å². The molecule has 0 fully saturated rings. The lowest BCUT2D eigenvalue weighted by Crippen LogP contribution is -2.30. The molecular weight excluding hydrogens is 224 g/mol. The third-order valence-electron chi connectivity index (χ3n) is 3.01. The van der Waals surface area contributed by atoms with Crippen LogP contribution in [-0.2, 0) is 6.42 Å². The Morgan fingerprint density at radius 2 is 1.94 bits per heavy atom. The molecule has 2 rings (SSSR count). The van der Waals surface area contributed by atoms with E-state index >= 15 is 0 Å². The van der Waals surface area contributed by atoms with E-state index < -0.39 is 0 Å². The standard InChI is InChI=1S/C14H18N4/c1-10-4-6-11(7-5-10)9-13(18-16)12-3-2-8-17-14(12)15/h2-8,13,18H,9,16H2,1H3,(H2,15,17). The number of nitrogens with two attached hydrogens (primary N) is 2. The molecule has 0 saturated heterocycles. The molecule has 0 aliphatic carbocycles. The van der Waals surface area contributed by atoms with Gasteiger partial charge in [-0.05, 0) is 25.0 Å². The zero-order valence-corrected chi connectivity index (χ0v) is 10.4. The van der Waals surface area contributed by atoms with E-state index in [-0.39, 0.29) is 6.04 Å². The molecule has 1 atom stereocenters. The first kappa shape index (κ1) is 12.5. The van der Waals surface area contributed by atoms with Gasteiger partial charge in [0, 0.05) is 11.8 Å². The molecular formula is C14H18N4. The van der Waals surface area contributed by atoms with E-state index in [1.54, 1.807) is 6.20 Å². The molecule has 0 spiro atoms. The van der Waals surface area contributed by atoms with Crippen molar-refractivity contribution >= 4 is 5.82 Å². The van der Waals surface area contributed by atoms with Crippen LogP contribution in [0.15, 0.2) is 42.6 Å². The van der Waals surface area contributed by atoms with Gasteiger partial charge in [-0.1, -0.05) is 35.9 Å². The zero-order valence-electron chi connectivity index (χ0n) is 10.4. The summed E-state index contributed by atoms with van der Waals surface area (Å²) in [7, 11) is 0. The lowest BCUT2D eigenvalue weighted by molar-refractivity contribution is 0.552. The average molecular weight is 242 g/mol. The summed E-state index contributed by atoms with van der Waals surface area (Å²) in [6.07, 6.45) is 2.46. The molecule has 0 aliphatic heterocycles. The molecule has 4 heteroatoms. The van der Waals surface area contributed by atoms with Gasteiger partial charge in [0.1, 0.15) is 5.82 Å². The second kappa shape index (κ2) is 5.62. The number of anilines is 1. The van der Waals surface area contributed by atoms with Crippen LogP contribution in [0.2, 0.25) is 0 Å². The van der Waals surface area contributed by atoms with Crippen LogP contribution in [0.3, 0.4) is 0 Å². The first-order chi connectivity index (χ1) is 8.70. The molecule has 1 aromatic carbocycles. The highest BCUT2D eigenvalue weighted by Gasteiger charge is 2.13. The van der Waals surface area contributed by atoms with E-state index in [0.717, 1.165) is 12.0 Å². The molecule has 5 N–H and O–H groups in total. The Bertz CT molecular complexity index is 507. The molecule has 18 heavy (non-hydrogen) atoms. The Balaban J connectivity index is 2.20. The van der Waals surface area contributed by atoms with Crippen LogP contribution >= 0.6 is 0 Å². The molecule has 1 aromatic heterocycles. The molecule has 4 nitrogen and oxygen atoms in total. The van der Waals surface area contributed by atoms with Gasteiger partial charge < -0.3 is 5.73 Å². The quantitative estimate of drug-likeness (QED) is 0.563. The van der Waals surface area contributed by atoms with Crippen molar-refractivity contribution in [2.45, 2.75) is 19.4 Å². The minimum atomic E-state index is -0.0265. The van der Waals surface area contributed by atoms with Crippen LogP contribution in [0.5, 0.6) is 0 Å². The number of nitrogens with zero attached hydrogens (tertiary/aromatic N) is 1. The van der Waals surface area contributed by atoms with Crippen LogP contribution in [-0.4, -0.2) is 4.98 Å². The molecule has 0 bridgehead atoms. The van der Waals surface area contributed by atoms with E-state index in [1.165, 1.54) is 11.1 Å². The van der Waals surface area contributed by atoms with Gasteiger partial charge >= 0.3 is 0 Å². The van der Waals surface area contributed by atoms with E-state index in [2.05, 4.69) is 41.6 Å². The molecule has 2 aromatic rings. The predicted molar refractivity (Wildman–Crippen MR) is 73.6 cm³/mol. The summed E-state index contributed by atoms with van der Waals surface area (Å²) in [6.45, 7) is 2.07. The van der Waals surface area contributed by atoms with Gasteiger partial charge in [-0.15, -0.1) is 0 Å². The zero-order chi connectivity index (χ0) is 13.0. The number of nitrogens with one attached hydrogen (secondary N) is 1. The third kappa shape index (κ3) is 2.85. The van der Waals surface area contributed by atoms with Crippen LogP contribution in [0, 0.1) is 6.92 Å². The number of hydrazine groups is 1. The van der Waals surface area contributed by atoms with Crippen molar-refractivity contribution in [2.24, 2.45) is 5.84 Å². The van der Waals surface area contributed by atoms with Crippen molar-refractivity contribution in [1.82, 2.24) is 10.4 Å². The SMILES string of the molecule is Cc1ccc(CC(NN)c2cccnc2N)cc1. The molecule has 1 heterocycles. The Kier molecular flexibility index (Phi) is 3.92. The summed E-state index contributed by atoms with van der Waals surface area (Å²) in [5, 5.41) is 0. The number of pyridine rings is 1. The predicted octanol–water partition coefficient (Wildman–Crippen LogP) is 1.72. The monoisotopic (exact) mass is 242 g/mol. The van der Waals surface area contributed by atoms with E-state index in [9.17, 15) is 0 Å².